The summed E-state index contributed by atoms with van der Waals surface area (Å²) in [6.07, 6.45) is -4.60. The molecule has 0 aromatic heterocycles. The van der Waals surface area contributed by atoms with Crippen molar-refractivity contribution in [1.82, 2.24) is 0 Å². The molecule has 0 radical (unpaired) electrons. The van der Waals surface area contributed by atoms with E-state index in [1.807, 2.05) is 0 Å². The zero-order chi connectivity index (χ0) is 12.8. The minimum atomic E-state index is -4.60. The Morgan fingerprint density at radius 3 is 1.88 bits per heavy atom. The Balaban J connectivity index is 0.000000385. The van der Waals surface area contributed by atoms with Crippen LogP contribution in [0, 0.1) is 0 Å². The summed E-state index contributed by atoms with van der Waals surface area (Å²) in [5.41, 5.74) is 0. The van der Waals surface area contributed by atoms with Gasteiger partial charge in [0, 0.05) is 10.7 Å². The Hall–Kier alpha value is -0.990. The van der Waals surface area contributed by atoms with E-state index in [4.69, 9.17) is 13.0 Å². The molecule has 9 heteroatoms. The van der Waals surface area contributed by atoms with Crippen molar-refractivity contribution in [2.75, 3.05) is 0 Å². The highest BCUT2D eigenvalue weighted by Crippen LogP contribution is 2.21. The van der Waals surface area contributed by atoms with Gasteiger partial charge in [-0.1, -0.05) is 18.2 Å². The van der Waals surface area contributed by atoms with Crippen LogP contribution in [0.4, 0.5) is 13.2 Å². The molecule has 1 rings (SSSR count). The number of benzene rings is 1. The van der Waals surface area contributed by atoms with Gasteiger partial charge in [0.25, 0.3) is 0 Å². The summed E-state index contributed by atoms with van der Waals surface area (Å²) in [4.78, 5) is 0. The number of halogens is 4. The van der Waals surface area contributed by atoms with Gasteiger partial charge in [-0.05, 0) is 12.1 Å². The van der Waals surface area contributed by atoms with E-state index in [1.165, 1.54) is 24.3 Å². The highest BCUT2D eigenvalue weighted by molar-refractivity contribution is 8.09. The Labute approximate surface area is 93.8 Å². The molecular weight excluding hydrogens is 273 g/mol. The SMILES string of the molecule is FC(F)(F)Oc1ccccc1.O=S(=O)(O)Cl. The van der Waals surface area contributed by atoms with Gasteiger partial charge in [-0.2, -0.15) is 8.42 Å². The fourth-order valence-electron chi connectivity index (χ4n) is 0.622. The van der Waals surface area contributed by atoms with Crippen LogP contribution in [-0.4, -0.2) is 19.3 Å². The molecule has 0 aliphatic carbocycles. The lowest BCUT2D eigenvalue weighted by Crippen LogP contribution is -2.16. The lowest BCUT2D eigenvalue weighted by molar-refractivity contribution is -0.274. The van der Waals surface area contributed by atoms with Gasteiger partial charge in [0.15, 0.2) is 0 Å². The van der Waals surface area contributed by atoms with E-state index in [0.29, 0.717) is 0 Å². The standard InChI is InChI=1S/C7H5F3O.ClHO3S/c8-7(9,10)11-6-4-2-1-3-5-6;1-5(2,3)4/h1-5H;(H,2,3,4). The molecule has 0 saturated carbocycles. The predicted molar refractivity (Wildman–Crippen MR) is 50.5 cm³/mol. The second-order valence-corrected chi connectivity index (χ2v) is 4.27. The first-order valence-corrected chi connectivity index (χ1v) is 5.82. The Morgan fingerprint density at radius 2 is 1.56 bits per heavy atom. The van der Waals surface area contributed by atoms with Crippen molar-refractivity contribution < 1.29 is 30.9 Å². The van der Waals surface area contributed by atoms with Gasteiger partial charge in [0.2, 0.25) is 0 Å². The topological polar surface area (TPSA) is 63.6 Å². The summed E-state index contributed by atoms with van der Waals surface area (Å²) in [6.45, 7) is 0. The summed E-state index contributed by atoms with van der Waals surface area (Å²) in [6, 6.07) is 7.05. The maximum atomic E-state index is 11.5. The van der Waals surface area contributed by atoms with Gasteiger partial charge in [-0.3, -0.25) is 4.55 Å². The number of para-hydroxylation sites is 1. The third kappa shape index (κ3) is 13.0. The van der Waals surface area contributed by atoms with Crippen molar-refractivity contribution in [1.29, 1.82) is 0 Å². The van der Waals surface area contributed by atoms with E-state index in [1.54, 1.807) is 6.07 Å². The number of hydrogen-bond donors (Lipinski definition) is 1. The van der Waals surface area contributed by atoms with Crippen molar-refractivity contribution in [3.05, 3.63) is 30.3 Å². The quantitative estimate of drug-likeness (QED) is 0.633. The first-order valence-electron chi connectivity index (χ1n) is 3.56. The van der Waals surface area contributed by atoms with Crippen LogP contribution in [0.15, 0.2) is 30.3 Å². The van der Waals surface area contributed by atoms with Crippen LogP contribution in [0.1, 0.15) is 0 Å². The highest BCUT2D eigenvalue weighted by atomic mass is 35.7. The van der Waals surface area contributed by atoms with Crippen molar-refractivity contribution >= 4 is 20.0 Å². The van der Waals surface area contributed by atoms with Crippen molar-refractivity contribution in [2.45, 2.75) is 6.36 Å². The number of ether oxygens (including phenoxy) is 1. The Kier molecular flexibility index (Phi) is 5.56. The first-order chi connectivity index (χ1) is 7.08. The number of alkyl halides is 3. The highest BCUT2D eigenvalue weighted by Gasteiger charge is 2.30. The minimum absolute atomic E-state index is 0.194. The van der Waals surface area contributed by atoms with E-state index < -0.39 is 15.7 Å². The zero-order valence-corrected chi connectivity index (χ0v) is 9.05. The average molecular weight is 279 g/mol. The molecule has 0 bridgehead atoms. The van der Waals surface area contributed by atoms with Crippen molar-refractivity contribution in [2.24, 2.45) is 0 Å². The third-order valence-corrected chi connectivity index (χ3v) is 0.977. The van der Waals surface area contributed by atoms with Gasteiger partial charge in [0.05, 0.1) is 0 Å². The van der Waals surface area contributed by atoms with Gasteiger partial charge in [0.1, 0.15) is 5.75 Å². The van der Waals surface area contributed by atoms with Crippen molar-refractivity contribution in [3.63, 3.8) is 0 Å². The van der Waals surface area contributed by atoms with Crippen LogP contribution in [0.25, 0.3) is 0 Å². The van der Waals surface area contributed by atoms with Crippen LogP contribution < -0.4 is 4.74 Å². The summed E-state index contributed by atoms with van der Waals surface area (Å²) in [5.74, 6) is -0.194. The molecule has 0 saturated heterocycles. The normalized spacial score (nSPS) is 11.3. The molecule has 4 nitrogen and oxygen atoms in total. The fourth-order valence-corrected chi connectivity index (χ4v) is 0.622. The lowest BCUT2D eigenvalue weighted by atomic mass is 10.3. The molecule has 0 amide bonds. The maximum Gasteiger partial charge on any atom is 0.573 e. The summed E-state index contributed by atoms with van der Waals surface area (Å²) in [7, 11) is -0.137. The van der Waals surface area contributed by atoms with E-state index in [0.717, 1.165) is 0 Å². The molecule has 0 fully saturated rings. The molecule has 1 aromatic rings. The smallest absolute Gasteiger partial charge is 0.406 e. The zero-order valence-electron chi connectivity index (χ0n) is 7.48. The van der Waals surface area contributed by atoms with Gasteiger partial charge in [-0.15, -0.1) is 13.2 Å². The Bertz CT molecular complexity index is 395. The number of hydrogen-bond acceptors (Lipinski definition) is 3. The van der Waals surface area contributed by atoms with E-state index in [2.05, 4.69) is 15.4 Å². The number of rotatable bonds is 1. The molecule has 1 N–H and O–H groups in total. The van der Waals surface area contributed by atoms with Crippen LogP contribution in [0.5, 0.6) is 5.75 Å². The second-order valence-electron chi connectivity index (χ2n) is 2.27. The summed E-state index contributed by atoms with van der Waals surface area (Å²) >= 11 is 0. The maximum absolute atomic E-state index is 11.5. The lowest BCUT2D eigenvalue weighted by Gasteiger charge is -2.07. The Morgan fingerprint density at radius 1 is 1.19 bits per heavy atom. The molecular formula is C7H6ClF3O4S. The largest absolute Gasteiger partial charge is 0.573 e. The molecule has 0 unspecified atom stereocenters. The van der Waals surface area contributed by atoms with Crippen molar-refractivity contribution in [3.8, 4) is 5.75 Å². The predicted octanol–water partition coefficient (Wildman–Crippen LogP) is 2.61. The summed E-state index contributed by atoms with van der Waals surface area (Å²) < 4.78 is 63.3. The molecule has 1 aromatic carbocycles. The van der Waals surface area contributed by atoms with Gasteiger partial charge in [-0.25, -0.2) is 0 Å². The van der Waals surface area contributed by atoms with Crippen LogP contribution in [0.2, 0.25) is 0 Å². The minimum Gasteiger partial charge on any atom is -0.406 e. The van der Waals surface area contributed by atoms with Gasteiger partial charge < -0.3 is 4.74 Å². The molecule has 0 spiro atoms. The van der Waals surface area contributed by atoms with E-state index in [9.17, 15) is 13.2 Å². The second kappa shape index (κ2) is 5.92. The van der Waals surface area contributed by atoms with Crippen LogP contribution in [-0.2, 0) is 9.33 Å². The van der Waals surface area contributed by atoms with E-state index >= 15 is 0 Å². The fraction of sp³-hybridized carbons (Fsp3) is 0.143. The first kappa shape index (κ1) is 15.0. The van der Waals surface area contributed by atoms with E-state index in [-0.39, 0.29) is 5.75 Å². The summed E-state index contributed by atoms with van der Waals surface area (Å²) in [5, 5.41) is 0. The van der Waals surface area contributed by atoms with Crippen LogP contribution in [0.3, 0.4) is 0 Å². The molecule has 16 heavy (non-hydrogen) atoms. The molecule has 0 aliphatic heterocycles. The molecule has 0 heterocycles. The molecule has 0 aliphatic rings. The monoisotopic (exact) mass is 278 g/mol. The third-order valence-electron chi connectivity index (χ3n) is 0.977. The molecule has 0 atom stereocenters. The average Bonchev–Trinajstić information content (AvgIpc) is 1.99. The van der Waals surface area contributed by atoms with Crippen LogP contribution >= 0.6 is 10.7 Å². The molecule has 92 valence electrons. The van der Waals surface area contributed by atoms with Gasteiger partial charge >= 0.3 is 15.7 Å².